The molecule has 0 radical (unpaired) electrons. The molecule has 0 saturated heterocycles. The summed E-state index contributed by atoms with van der Waals surface area (Å²) in [4.78, 5) is 0. The predicted octanol–water partition coefficient (Wildman–Crippen LogP) is 2.35. The molecule has 0 saturated carbocycles. The van der Waals surface area contributed by atoms with Crippen LogP contribution in [0.5, 0.6) is 11.5 Å². The molecule has 21 heavy (non-hydrogen) atoms. The van der Waals surface area contributed by atoms with Gasteiger partial charge in [0.1, 0.15) is 11.5 Å². The van der Waals surface area contributed by atoms with Gasteiger partial charge in [0.05, 0.1) is 6.10 Å². The van der Waals surface area contributed by atoms with Crippen LogP contribution in [0.3, 0.4) is 0 Å². The zero-order valence-corrected chi connectivity index (χ0v) is 12.0. The molecule has 0 amide bonds. The van der Waals surface area contributed by atoms with Gasteiger partial charge in [-0.25, -0.2) is 0 Å². The van der Waals surface area contributed by atoms with Gasteiger partial charge in [0.25, 0.3) is 0 Å². The third-order valence-corrected chi connectivity index (χ3v) is 3.55. The zero-order valence-electron chi connectivity index (χ0n) is 12.0. The van der Waals surface area contributed by atoms with E-state index in [4.69, 9.17) is 0 Å². The molecule has 4 heteroatoms. The van der Waals surface area contributed by atoms with Crippen LogP contribution >= 0.6 is 0 Å². The minimum Gasteiger partial charge on any atom is -0.508 e. The summed E-state index contributed by atoms with van der Waals surface area (Å²) in [5.74, 6) is 0.368. The molecule has 0 bridgehead atoms. The molecule has 112 valence electrons. The highest BCUT2D eigenvalue weighted by atomic mass is 16.3. The normalized spacial score (nSPS) is 13.8. The van der Waals surface area contributed by atoms with Crippen molar-refractivity contribution in [2.45, 2.75) is 25.5 Å². The predicted molar refractivity (Wildman–Crippen MR) is 82.3 cm³/mol. The smallest absolute Gasteiger partial charge is 0.121 e. The number of aliphatic hydroxyl groups excluding tert-OH is 1. The summed E-state index contributed by atoms with van der Waals surface area (Å²) in [6, 6.07) is 13.7. The molecule has 4 N–H and O–H groups in total. The summed E-state index contributed by atoms with van der Waals surface area (Å²) >= 11 is 0. The van der Waals surface area contributed by atoms with Crippen LogP contribution < -0.4 is 5.32 Å². The second-order valence-electron chi connectivity index (χ2n) is 5.16. The van der Waals surface area contributed by atoms with Gasteiger partial charge in [-0.15, -0.1) is 0 Å². The van der Waals surface area contributed by atoms with Gasteiger partial charge in [0, 0.05) is 11.6 Å². The van der Waals surface area contributed by atoms with Gasteiger partial charge in [-0.1, -0.05) is 30.3 Å². The first-order chi connectivity index (χ1) is 10.1. The van der Waals surface area contributed by atoms with E-state index in [-0.39, 0.29) is 17.5 Å². The van der Waals surface area contributed by atoms with E-state index < -0.39 is 6.10 Å². The number of benzene rings is 2. The van der Waals surface area contributed by atoms with Crippen molar-refractivity contribution in [3.05, 3.63) is 59.7 Å². The molecular weight excluding hydrogens is 266 g/mol. The van der Waals surface area contributed by atoms with Crippen molar-refractivity contribution < 1.29 is 15.3 Å². The van der Waals surface area contributed by atoms with E-state index in [1.165, 1.54) is 0 Å². The Hall–Kier alpha value is -2.04. The number of hydrogen-bond donors (Lipinski definition) is 4. The molecule has 0 fully saturated rings. The Labute approximate surface area is 124 Å². The highest BCUT2D eigenvalue weighted by molar-refractivity contribution is 5.34. The van der Waals surface area contributed by atoms with Crippen LogP contribution in [0.2, 0.25) is 0 Å². The fourth-order valence-corrected chi connectivity index (χ4v) is 2.23. The maximum Gasteiger partial charge on any atom is 0.121 e. The molecule has 2 atom stereocenters. The van der Waals surface area contributed by atoms with Crippen molar-refractivity contribution in [3.8, 4) is 11.5 Å². The van der Waals surface area contributed by atoms with E-state index in [2.05, 4.69) is 5.32 Å². The van der Waals surface area contributed by atoms with Crippen LogP contribution in [0, 0.1) is 0 Å². The van der Waals surface area contributed by atoms with Crippen molar-refractivity contribution >= 4 is 0 Å². The third kappa shape index (κ3) is 4.21. The molecule has 1 unspecified atom stereocenters. The lowest BCUT2D eigenvalue weighted by Crippen LogP contribution is -2.33. The summed E-state index contributed by atoms with van der Waals surface area (Å²) in [7, 11) is 0. The summed E-state index contributed by atoms with van der Waals surface area (Å²) in [6.45, 7) is 2.59. The van der Waals surface area contributed by atoms with Crippen LogP contribution in [0.25, 0.3) is 0 Å². The maximum absolute atomic E-state index is 10.2. The maximum atomic E-state index is 10.2. The molecule has 0 aliphatic heterocycles. The number of nitrogens with one attached hydrogen (secondary N) is 1. The lowest BCUT2D eigenvalue weighted by atomic mass is 10.0. The van der Waals surface area contributed by atoms with Crippen LogP contribution in [-0.2, 0) is 6.42 Å². The van der Waals surface area contributed by atoms with Crippen molar-refractivity contribution in [2.24, 2.45) is 0 Å². The molecule has 4 nitrogen and oxygen atoms in total. The summed E-state index contributed by atoms with van der Waals surface area (Å²) in [6.07, 6.45) is 0.0454. The summed E-state index contributed by atoms with van der Waals surface area (Å²) in [5, 5.41) is 32.5. The van der Waals surface area contributed by atoms with Gasteiger partial charge in [-0.2, -0.15) is 0 Å². The molecule has 2 rings (SSSR count). The number of rotatable bonds is 6. The average molecular weight is 287 g/mol. The topological polar surface area (TPSA) is 72.7 Å². The first-order valence-electron chi connectivity index (χ1n) is 7.05. The van der Waals surface area contributed by atoms with E-state index in [1.54, 1.807) is 36.4 Å². The SMILES string of the molecule is CC(NCCc1ccc(O)cc1)[C@@H](O)c1ccccc1O. The number of hydrogen-bond acceptors (Lipinski definition) is 4. The Morgan fingerprint density at radius 1 is 1.00 bits per heavy atom. The Bertz CT molecular complexity index is 569. The van der Waals surface area contributed by atoms with Gasteiger partial charge in [0.15, 0.2) is 0 Å². The van der Waals surface area contributed by atoms with E-state index >= 15 is 0 Å². The highest BCUT2D eigenvalue weighted by Gasteiger charge is 2.18. The molecule has 2 aromatic rings. The van der Waals surface area contributed by atoms with Gasteiger partial charge in [-0.3, -0.25) is 0 Å². The van der Waals surface area contributed by atoms with Gasteiger partial charge in [0.2, 0.25) is 0 Å². The first-order valence-corrected chi connectivity index (χ1v) is 7.05. The number of phenolic OH excluding ortho intramolecular Hbond substituents is 2. The fraction of sp³-hybridized carbons (Fsp3) is 0.294. The highest BCUT2D eigenvalue weighted by Crippen LogP contribution is 2.25. The van der Waals surface area contributed by atoms with Crippen LogP contribution in [0.4, 0.5) is 0 Å². The number of phenols is 2. The second kappa shape index (κ2) is 7.11. The van der Waals surface area contributed by atoms with E-state index in [9.17, 15) is 15.3 Å². The Balaban J connectivity index is 1.85. The average Bonchev–Trinajstić information content (AvgIpc) is 2.49. The lowest BCUT2D eigenvalue weighted by Gasteiger charge is -2.21. The molecule has 0 aromatic heterocycles. The van der Waals surface area contributed by atoms with Gasteiger partial charge >= 0.3 is 0 Å². The molecule has 2 aromatic carbocycles. The van der Waals surface area contributed by atoms with Crippen LogP contribution in [-0.4, -0.2) is 27.9 Å². The number of para-hydroxylation sites is 1. The van der Waals surface area contributed by atoms with Crippen molar-refractivity contribution in [3.63, 3.8) is 0 Å². The minimum atomic E-state index is -0.758. The van der Waals surface area contributed by atoms with E-state index in [1.807, 2.05) is 19.1 Å². The number of aliphatic hydroxyl groups is 1. The quantitative estimate of drug-likeness (QED) is 0.658. The molecule has 0 heterocycles. The summed E-state index contributed by atoms with van der Waals surface area (Å²) in [5.41, 5.74) is 1.65. The van der Waals surface area contributed by atoms with E-state index in [0.717, 1.165) is 12.0 Å². The monoisotopic (exact) mass is 287 g/mol. The minimum absolute atomic E-state index is 0.109. The molecule has 0 aliphatic carbocycles. The summed E-state index contributed by atoms with van der Waals surface area (Å²) < 4.78 is 0. The fourth-order valence-electron chi connectivity index (χ4n) is 2.23. The Kier molecular flexibility index (Phi) is 5.20. The van der Waals surface area contributed by atoms with E-state index in [0.29, 0.717) is 12.1 Å². The Morgan fingerprint density at radius 2 is 1.67 bits per heavy atom. The zero-order chi connectivity index (χ0) is 15.2. The largest absolute Gasteiger partial charge is 0.508 e. The lowest BCUT2D eigenvalue weighted by molar-refractivity contribution is 0.133. The second-order valence-corrected chi connectivity index (χ2v) is 5.16. The Morgan fingerprint density at radius 3 is 2.33 bits per heavy atom. The number of aromatic hydroxyl groups is 2. The van der Waals surface area contributed by atoms with Crippen LogP contribution in [0.15, 0.2) is 48.5 Å². The third-order valence-electron chi connectivity index (χ3n) is 3.55. The van der Waals surface area contributed by atoms with Crippen molar-refractivity contribution in [1.29, 1.82) is 0 Å². The van der Waals surface area contributed by atoms with Crippen LogP contribution in [0.1, 0.15) is 24.2 Å². The van der Waals surface area contributed by atoms with Crippen molar-refractivity contribution in [1.82, 2.24) is 5.32 Å². The van der Waals surface area contributed by atoms with Crippen molar-refractivity contribution in [2.75, 3.05) is 6.54 Å². The molecule has 0 aliphatic rings. The van der Waals surface area contributed by atoms with Gasteiger partial charge in [-0.05, 0) is 43.7 Å². The first kappa shape index (κ1) is 15.4. The molecule has 0 spiro atoms. The van der Waals surface area contributed by atoms with Gasteiger partial charge < -0.3 is 20.6 Å². The molecular formula is C17H21NO3. The standard InChI is InChI=1S/C17H21NO3/c1-12(17(21)15-4-2-3-5-16(15)20)18-11-10-13-6-8-14(19)9-7-13/h2-9,12,17-21H,10-11H2,1H3/t12?,17-/m1/s1.